The Kier molecular flexibility index (Phi) is 4.36. The van der Waals surface area contributed by atoms with Gasteiger partial charge in [-0.25, -0.2) is 4.98 Å². The molecule has 0 radical (unpaired) electrons. The van der Waals surface area contributed by atoms with E-state index in [0.717, 1.165) is 43.9 Å². The second-order valence-corrected chi connectivity index (χ2v) is 5.64. The summed E-state index contributed by atoms with van der Waals surface area (Å²) >= 11 is 0. The van der Waals surface area contributed by atoms with Crippen LogP contribution in [0.25, 0.3) is 10.9 Å². The molecule has 0 atom stereocenters. The first-order chi connectivity index (χ1) is 10.3. The van der Waals surface area contributed by atoms with Crippen LogP contribution in [0.2, 0.25) is 0 Å². The zero-order valence-electron chi connectivity index (χ0n) is 12.8. The van der Waals surface area contributed by atoms with Crippen molar-refractivity contribution < 1.29 is 4.74 Å². The van der Waals surface area contributed by atoms with Gasteiger partial charge in [0.1, 0.15) is 5.82 Å². The maximum Gasteiger partial charge on any atom is 0.129 e. The average molecular weight is 285 g/mol. The second-order valence-electron chi connectivity index (χ2n) is 5.64. The minimum atomic E-state index is 0.523. The van der Waals surface area contributed by atoms with Gasteiger partial charge in [0.05, 0.1) is 5.52 Å². The highest BCUT2D eigenvalue weighted by atomic mass is 16.5. The zero-order valence-corrected chi connectivity index (χ0v) is 12.8. The van der Waals surface area contributed by atoms with Gasteiger partial charge in [0.25, 0.3) is 0 Å². The maximum absolute atomic E-state index is 5.46. The number of fused-ring (bicyclic) bond motifs is 1. The quantitative estimate of drug-likeness (QED) is 0.937. The second kappa shape index (κ2) is 6.41. The number of nitrogens with zero attached hydrogens (tertiary/aromatic N) is 2. The predicted molar refractivity (Wildman–Crippen MR) is 86.8 cm³/mol. The van der Waals surface area contributed by atoms with E-state index in [1.165, 1.54) is 10.9 Å². The number of anilines is 1. The Morgan fingerprint density at radius 1 is 1.29 bits per heavy atom. The number of benzene rings is 1. The van der Waals surface area contributed by atoms with Crippen molar-refractivity contribution in [2.45, 2.75) is 25.4 Å². The minimum absolute atomic E-state index is 0.523. The van der Waals surface area contributed by atoms with Crippen molar-refractivity contribution in [1.29, 1.82) is 0 Å². The molecule has 0 spiro atoms. The summed E-state index contributed by atoms with van der Waals surface area (Å²) < 4.78 is 5.46. The summed E-state index contributed by atoms with van der Waals surface area (Å²) in [6.07, 6.45) is 2.15. The van der Waals surface area contributed by atoms with Crippen LogP contribution in [0.3, 0.4) is 0 Å². The molecule has 0 bridgehead atoms. The summed E-state index contributed by atoms with van der Waals surface area (Å²) in [4.78, 5) is 7.16. The Morgan fingerprint density at radius 2 is 2.05 bits per heavy atom. The Labute approximate surface area is 126 Å². The van der Waals surface area contributed by atoms with Gasteiger partial charge in [-0.3, -0.25) is 0 Å². The van der Waals surface area contributed by atoms with Gasteiger partial charge in [-0.05, 0) is 37.6 Å². The van der Waals surface area contributed by atoms with E-state index in [9.17, 15) is 0 Å². The first-order valence-corrected chi connectivity index (χ1v) is 7.63. The van der Waals surface area contributed by atoms with Crippen molar-refractivity contribution in [3.05, 3.63) is 35.9 Å². The number of nitrogens with one attached hydrogen (secondary N) is 1. The van der Waals surface area contributed by atoms with Crippen LogP contribution in [0.15, 0.2) is 30.3 Å². The fourth-order valence-corrected chi connectivity index (χ4v) is 3.01. The molecule has 0 unspecified atom stereocenters. The van der Waals surface area contributed by atoms with Crippen LogP contribution in [0.4, 0.5) is 5.82 Å². The summed E-state index contributed by atoms with van der Waals surface area (Å²) in [7, 11) is 4.13. The van der Waals surface area contributed by atoms with Gasteiger partial charge >= 0.3 is 0 Å². The van der Waals surface area contributed by atoms with E-state index in [2.05, 4.69) is 47.6 Å². The normalized spacial score (nSPS) is 16.3. The highest BCUT2D eigenvalue weighted by molar-refractivity contribution is 5.84. The summed E-state index contributed by atoms with van der Waals surface area (Å²) in [6.45, 7) is 2.57. The van der Waals surface area contributed by atoms with Gasteiger partial charge < -0.3 is 15.0 Å². The molecule has 1 fully saturated rings. The van der Waals surface area contributed by atoms with Gasteiger partial charge in [-0.15, -0.1) is 0 Å². The van der Waals surface area contributed by atoms with Crippen LogP contribution in [0, 0.1) is 0 Å². The van der Waals surface area contributed by atoms with Crippen LogP contribution in [-0.2, 0) is 11.3 Å². The van der Waals surface area contributed by atoms with Crippen molar-refractivity contribution in [2.75, 3.05) is 32.2 Å². The van der Waals surface area contributed by atoms with E-state index in [-0.39, 0.29) is 0 Å². The SMILES string of the molecule is CNCc1cc(N(C)C2CCOCC2)nc2ccccc12. The lowest BCUT2D eigenvalue weighted by Gasteiger charge is -2.32. The van der Waals surface area contributed by atoms with Gasteiger partial charge in [0, 0.05) is 38.2 Å². The fourth-order valence-electron chi connectivity index (χ4n) is 3.01. The maximum atomic E-state index is 5.46. The van der Waals surface area contributed by atoms with Crippen LogP contribution >= 0.6 is 0 Å². The number of para-hydroxylation sites is 1. The highest BCUT2D eigenvalue weighted by Gasteiger charge is 2.20. The number of ether oxygens (including phenoxy) is 1. The third-order valence-electron chi connectivity index (χ3n) is 4.26. The first kappa shape index (κ1) is 14.3. The molecule has 2 heterocycles. The molecule has 0 saturated carbocycles. The molecule has 112 valence electrons. The first-order valence-electron chi connectivity index (χ1n) is 7.63. The van der Waals surface area contributed by atoms with E-state index in [0.29, 0.717) is 6.04 Å². The summed E-state index contributed by atoms with van der Waals surface area (Å²) in [5.74, 6) is 1.06. The number of rotatable bonds is 4. The summed E-state index contributed by atoms with van der Waals surface area (Å²) in [5.41, 5.74) is 2.37. The third-order valence-corrected chi connectivity index (χ3v) is 4.26. The van der Waals surface area contributed by atoms with Gasteiger partial charge in [-0.2, -0.15) is 0 Å². The van der Waals surface area contributed by atoms with Gasteiger partial charge in [-0.1, -0.05) is 18.2 Å². The summed E-state index contributed by atoms with van der Waals surface area (Å²) in [5, 5.41) is 4.49. The molecule has 0 aliphatic carbocycles. The topological polar surface area (TPSA) is 37.4 Å². The van der Waals surface area contributed by atoms with Gasteiger partial charge in [0.2, 0.25) is 0 Å². The standard InChI is InChI=1S/C17H23N3O/c1-18-12-13-11-17(19-16-6-4-3-5-15(13)16)20(2)14-7-9-21-10-8-14/h3-6,11,14,18H,7-10,12H2,1-2H3. The van der Waals surface area contributed by atoms with E-state index in [4.69, 9.17) is 9.72 Å². The smallest absolute Gasteiger partial charge is 0.129 e. The van der Waals surface area contributed by atoms with Crippen LogP contribution in [-0.4, -0.2) is 38.3 Å². The molecule has 1 aromatic heterocycles. The van der Waals surface area contributed by atoms with Crippen LogP contribution < -0.4 is 10.2 Å². The third kappa shape index (κ3) is 3.01. The van der Waals surface area contributed by atoms with Crippen LogP contribution in [0.1, 0.15) is 18.4 Å². The van der Waals surface area contributed by atoms with Crippen molar-refractivity contribution >= 4 is 16.7 Å². The molecular weight excluding hydrogens is 262 g/mol. The number of pyridine rings is 1. The van der Waals surface area contributed by atoms with Crippen molar-refractivity contribution in [1.82, 2.24) is 10.3 Å². The van der Waals surface area contributed by atoms with Crippen molar-refractivity contribution in [2.24, 2.45) is 0 Å². The number of hydrogen-bond acceptors (Lipinski definition) is 4. The molecular formula is C17H23N3O. The van der Waals surface area contributed by atoms with E-state index in [1.54, 1.807) is 0 Å². The molecule has 0 amide bonds. The van der Waals surface area contributed by atoms with E-state index >= 15 is 0 Å². The molecule has 4 nitrogen and oxygen atoms in total. The molecule has 1 N–H and O–H groups in total. The predicted octanol–water partition coefficient (Wildman–Crippen LogP) is 2.57. The molecule has 1 aromatic carbocycles. The molecule has 1 aliphatic rings. The average Bonchev–Trinajstić information content (AvgIpc) is 2.55. The number of hydrogen-bond donors (Lipinski definition) is 1. The molecule has 1 saturated heterocycles. The minimum Gasteiger partial charge on any atom is -0.381 e. The Balaban J connectivity index is 1.97. The molecule has 1 aliphatic heterocycles. The Hall–Kier alpha value is -1.65. The molecule has 21 heavy (non-hydrogen) atoms. The molecule has 4 heteroatoms. The van der Waals surface area contributed by atoms with Gasteiger partial charge in [0.15, 0.2) is 0 Å². The fraction of sp³-hybridized carbons (Fsp3) is 0.471. The highest BCUT2D eigenvalue weighted by Crippen LogP contribution is 2.25. The lowest BCUT2D eigenvalue weighted by molar-refractivity contribution is 0.0853. The monoisotopic (exact) mass is 285 g/mol. The van der Waals surface area contributed by atoms with Crippen molar-refractivity contribution in [3.8, 4) is 0 Å². The Morgan fingerprint density at radius 3 is 2.81 bits per heavy atom. The molecule has 2 aromatic rings. The largest absolute Gasteiger partial charge is 0.381 e. The van der Waals surface area contributed by atoms with E-state index in [1.807, 2.05) is 7.05 Å². The Bertz CT molecular complexity index is 608. The van der Waals surface area contributed by atoms with Crippen molar-refractivity contribution in [3.63, 3.8) is 0 Å². The zero-order chi connectivity index (χ0) is 14.7. The lowest BCUT2D eigenvalue weighted by Crippen LogP contribution is -2.37. The molecule has 3 rings (SSSR count). The van der Waals surface area contributed by atoms with E-state index < -0.39 is 0 Å². The number of aromatic nitrogens is 1. The summed E-state index contributed by atoms with van der Waals surface area (Å²) in [6, 6.07) is 11.1. The lowest BCUT2D eigenvalue weighted by atomic mass is 10.1. The van der Waals surface area contributed by atoms with Crippen LogP contribution in [0.5, 0.6) is 0 Å².